The van der Waals surface area contributed by atoms with E-state index in [2.05, 4.69) is 10.6 Å². The minimum Gasteiger partial charge on any atom is -0.391 e. The van der Waals surface area contributed by atoms with Gasteiger partial charge in [-0.05, 0) is 29.7 Å². The van der Waals surface area contributed by atoms with Crippen molar-refractivity contribution in [1.82, 2.24) is 5.32 Å². The van der Waals surface area contributed by atoms with E-state index < -0.39 is 17.9 Å². The van der Waals surface area contributed by atoms with Gasteiger partial charge in [-0.25, -0.2) is 0 Å². The van der Waals surface area contributed by atoms with Gasteiger partial charge in [-0.3, -0.25) is 9.59 Å². The molecule has 3 N–H and O–H groups in total. The van der Waals surface area contributed by atoms with E-state index in [1.807, 2.05) is 49.4 Å². The number of aliphatic hydroxyl groups is 1. The third-order valence-electron chi connectivity index (χ3n) is 3.64. The summed E-state index contributed by atoms with van der Waals surface area (Å²) >= 11 is 0. The minimum atomic E-state index is -0.762. The van der Waals surface area contributed by atoms with Crippen LogP contribution >= 0.6 is 0 Å². The summed E-state index contributed by atoms with van der Waals surface area (Å²) in [5.41, 5.74) is 2.69. The number of rotatable bonds is 6. The zero-order valence-corrected chi connectivity index (χ0v) is 13.7. The Morgan fingerprint density at radius 1 is 0.958 bits per heavy atom. The molecule has 0 saturated carbocycles. The van der Waals surface area contributed by atoms with Gasteiger partial charge in [-0.15, -0.1) is 0 Å². The van der Waals surface area contributed by atoms with Crippen LogP contribution in [-0.2, 0) is 22.4 Å². The molecule has 0 aliphatic carbocycles. The van der Waals surface area contributed by atoms with Crippen LogP contribution in [-0.4, -0.2) is 29.6 Å². The van der Waals surface area contributed by atoms with Gasteiger partial charge in [0.2, 0.25) is 0 Å². The fourth-order valence-electron chi connectivity index (χ4n) is 2.26. The van der Waals surface area contributed by atoms with Crippen molar-refractivity contribution < 1.29 is 14.7 Å². The molecule has 1 atom stereocenters. The second-order valence-corrected chi connectivity index (χ2v) is 5.56. The van der Waals surface area contributed by atoms with Crippen molar-refractivity contribution in [2.45, 2.75) is 25.9 Å². The summed E-state index contributed by atoms with van der Waals surface area (Å²) < 4.78 is 0. The molecule has 2 aromatic carbocycles. The number of benzene rings is 2. The molecule has 2 rings (SSSR count). The van der Waals surface area contributed by atoms with Crippen LogP contribution in [0.2, 0.25) is 0 Å². The SMILES string of the molecule is CCc1ccc(NC(=O)C(=O)NCC(O)Cc2ccccc2)cc1. The topological polar surface area (TPSA) is 78.4 Å². The normalized spacial score (nSPS) is 11.6. The molecule has 0 saturated heterocycles. The van der Waals surface area contributed by atoms with Crippen molar-refractivity contribution >= 4 is 17.5 Å². The molecule has 0 aromatic heterocycles. The van der Waals surface area contributed by atoms with E-state index in [1.165, 1.54) is 0 Å². The lowest BCUT2D eigenvalue weighted by atomic mass is 10.1. The number of nitrogens with one attached hydrogen (secondary N) is 2. The molecule has 5 nitrogen and oxygen atoms in total. The first-order valence-corrected chi connectivity index (χ1v) is 7.98. The van der Waals surface area contributed by atoms with E-state index in [9.17, 15) is 14.7 Å². The molecule has 0 heterocycles. The van der Waals surface area contributed by atoms with Crippen molar-refractivity contribution in [2.24, 2.45) is 0 Å². The molecule has 0 aliphatic heterocycles. The largest absolute Gasteiger partial charge is 0.391 e. The molecular formula is C19H22N2O3. The van der Waals surface area contributed by atoms with Gasteiger partial charge in [0, 0.05) is 18.7 Å². The molecule has 1 unspecified atom stereocenters. The Kier molecular flexibility index (Phi) is 6.51. The maximum Gasteiger partial charge on any atom is 0.313 e. The second-order valence-electron chi connectivity index (χ2n) is 5.56. The molecule has 0 fully saturated rings. The zero-order valence-electron chi connectivity index (χ0n) is 13.7. The number of aliphatic hydroxyl groups excluding tert-OH is 1. The van der Waals surface area contributed by atoms with E-state index in [-0.39, 0.29) is 6.54 Å². The van der Waals surface area contributed by atoms with Crippen molar-refractivity contribution in [3.05, 3.63) is 65.7 Å². The van der Waals surface area contributed by atoms with Crippen LogP contribution in [0.3, 0.4) is 0 Å². The number of anilines is 1. The lowest BCUT2D eigenvalue weighted by Gasteiger charge is -2.12. The summed E-state index contributed by atoms with van der Waals surface area (Å²) in [6.45, 7) is 2.07. The van der Waals surface area contributed by atoms with E-state index in [4.69, 9.17) is 0 Å². The fraction of sp³-hybridized carbons (Fsp3) is 0.263. The van der Waals surface area contributed by atoms with Crippen LogP contribution in [0.1, 0.15) is 18.1 Å². The summed E-state index contributed by atoms with van der Waals surface area (Å²) in [4.78, 5) is 23.6. The summed E-state index contributed by atoms with van der Waals surface area (Å²) in [6, 6.07) is 16.8. The Morgan fingerprint density at radius 3 is 2.25 bits per heavy atom. The van der Waals surface area contributed by atoms with Gasteiger partial charge in [0.15, 0.2) is 0 Å². The second kappa shape index (κ2) is 8.84. The third-order valence-corrected chi connectivity index (χ3v) is 3.64. The van der Waals surface area contributed by atoms with E-state index >= 15 is 0 Å². The standard InChI is InChI=1S/C19H22N2O3/c1-2-14-8-10-16(11-9-14)21-19(24)18(23)20-13-17(22)12-15-6-4-3-5-7-15/h3-11,17,22H,2,12-13H2,1H3,(H,20,23)(H,21,24). The van der Waals surface area contributed by atoms with Crippen molar-refractivity contribution in [1.29, 1.82) is 0 Å². The molecule has 24 heavy (non-hydrogen) atoms. The average Bonchev–Trinajstić information content (AvgIpc) is 2.61. The van der Waals surface area contributed by atoms with Gasteiger partial charge in [0.25, 0.3) is 0 Å². The van der Waals surface area contributed by atoms with Crippen molar-refractivity contribution in [3.8, 4) is 0 Å². The molecule has 0 radical (unpaired) electrons. The van der Waals surface area contributed by atoms with E-state index in [0.717, 1.165) is 17.5 Å². The van der Waals surface area contributed by atoms with Crippen LogP contribution in [0.5, 0.6) is 0 Å². The maximum atomic E-state index is 11.8. The molecular weight excluding hydrogens is 304 g/mol. The quantitative estimate of drug-likeness (QED) is 0.710. The number of amides is 2. The smallest absolute Gasteiger partial charge is 0.313 e. The summed E-state index contributed by atoms with van der Waals surface area (Å²) in [7, 11) is 0. The molecule has 0 spiro atoms. The zero-order chi connectivity index (χ0) is 17.4. The van der Waals surface area contributed by atoms with Crippen LogP contribution < -0.4 is 10.6 Å². The average molecular weight is 326 g/mol. The molecule has 0 aliphatic rings. The highest BCUT2D eigenvalue weighted by molar-refractivity contribution is 6.39. The van der Waals surface area contributed by atoms with Gasteiger partial charge < -0.3 is 15.7 Å². The van der Waals surface area contributed by atoms with Crippen LogP contribution in [0.4, 0.5) is 5.69 Å². The number of carbonyl (C=O) groups excluding carboxylic acids is 2. The van der Waals surface area contributed by atoms with Gasteiger partial charge in [0.1, 0.15) is 0 Å². The molecule has 5 heteroatoms. The maximum absolute atomic E-state index is 11.8. The van der Waals surface area contributed by atoms with E-state index in [0.29, 0.717) is 12.1 Å². The molecule has 2 amide bonds. The first-order chi connectivity index (χ1) is 11.6. The lowest BCUT2D eigenvalue weighted by molar-refractivity contribution is -0.136. The highest BCUT2D eigenvalue weighted by Crippen LogP contribution is 2.09. The summed E-state index contributed by atoms with van der Waals surface area (Å²) in [5, 5.41) is 14.9. The Bertz CT molecular complexity index is 669. The Morgan fingerprint density at radius 2 is 1.62 bits per heavy atom. The van der Waals surface area contributed by atoms with Crippen LogP contribution in [0.25, 0.3) is 0 Å². The fourth-order valence-corrected chi connectivity index (χ4v) is 2.26. The van der Waals surface area contributed by atoms with Crippen molar-refractivity contribution in [3.63, 3.8) is 0 Å². The molecule has 126 valence electrons. The van der Waals surface area contributed by atoms with Crippen molar-refractivity contribution in [2.75, 3.05) is 11.9 Å². The highest BCUT2D eigenvalue weighted by atomic mass is 16.3. The number of hydrogen-bond donors (Lipinski definition) is 3. The highest BCUT2D eigenvalue weighted by Gasteiger charge is 2.15. The first-order valence-electron chi connectivity index (χ1n) is 7.98. The van der Waals surface area contributed by atoms with Crippen LogP contribution in [0, 0.1) is 0 Å². The molecule has 0 bridgehead atoms. The summed E-state index contributed by atoms with van der Waals surface area (Å²) in [5.74, 6) is -1.51. The number of aryl methyl sites for hydroxylation is 1. The van der Waals surface area contributed by atoms with Crippen LogP contribution in [0.15, 0.2) is 54.6 Å². The Hall–Kier alpha value is -2.66. The Labute approximate surface area is 141 Å². The monoisotopic (exact) mass is 326 g/mol. The third kappa shape index (κ3) is 5.52. The van der Waals surface area contributed by atoms with Gasteiger partial charge in [-0.1, -0.05) is 49.4 Å². The minimum absolute atomic E-state index is 0.0237. The summed E-state index contributed by atoms with van der Waals surface area (Å²) in [6.07, 6.45) is 0.586. The predicted octanol–water partition coefficient (Wildman–Crippen LogP) is 1.91. The first kappa shape index (κ1) is 17.7. The molecule has 2 aromatic rings. The van der Waals surface area contributed by atoms with Gasteiger partial charge in [0.05, 0.1) is 6.10 Å². The van der Waals surface area contributed by atoms with E-state index in [1.54, 1.807) is 12.1 Å². The Balaban J connectivity index is 1.77. The van der Waals surface area contributed by atoms with Gasteiger partial charge in [-0.2, -0.15) is 0 Å². The lowest BCUT2D eigenvalue weighted by Crippen LogP contribution is -2.40. The number of hydrogen-bond acceptors (Lipinski definition) is 3. The van der Waals surface area contributed by atoms with Gasteiger partial charge >= 0.3 is 11.8 Å². The predicted molar refractivity (Wildman–Crippen MR) is 93.6 cm³/mol. The number of carbonyl (C=O) groups is 2.